The Kier molecular flexibility index (Phi) is 4.57. The van der Waals surface area contributed by atoms with Crippen molar-refractivity contribution in [2.75, 3.05) is 27.9 Å². The molecule has 0 aliphatic carbocycles. The van der Waals surface area contributed by atoms with E-state index in [2.05, 4.69) is 4.98 Å². The molecule has 2 rings (SSSR count). The van der Waals surface area contributed by atoms with Crippen molar-refractivity contribution in [1.29, 1.82) is 0 Å². The highest BCUT2D eigenvalue weighted by molar-refractivity contribution is 7.71. The zero-order valence-electron chi connectivity index (χ0n) is 11.3. The maximum atomic E-state index is 5.39. The van der Waals surface area contributed by atoms with Gasteiger partial charge in [-0.1, -0.05) is 0 Å². The molecular formula is C13H18N2O3S. The molecule has 2 aromatic rings. The van der Waals surface area contributed by atoms with E-state index in [9.17, 15) is 0 Å². The fourth-order valence-corrected chi connectivity index (χ4v) is 2.31. The van der Waals surface area contributed by atoms with Crippen molar-refractivity contribution in [2.24, 2.45) is 0 Å². The molecule has 0 fully saturated rings. The van der Waals surface area contributed by atoms with Gasteiger partial charge in [0.1, 0.15) is 5.75 Å². The molecule has 1 N–H and O–H groups in total. The molecule has 0 aliphatic rings. The van der Waals surface area contributed by atoms with Crippen LogP contribution in [0.25, 0.3) is 11.0 Å². The van der Waals surface area contributed by atoms with E-state index in [0.29, 0.717) is 17.9 Å². The number of H-pyrrole nitrogens is 1. The molecule has 1 unspecified atom stereocenters. The van der Waals surface area contributed by atoms with Crippen LogP contribution in [-0.4, -0.2) is 43.6 Å². The van der Waals surface area contributed by atoms with Crippen molar-refractivity contribution >= 4 is 23.3 Å². The molecule has 0 saturated carbocycles. The Bertz CT molecular complexity index is 605. The van der Waals surface area contributed by atoms with Crippen LogP contribution in [-0.2, 0) is 16.0 Å². The highest BCUT2D eigenvalue weighted by Gasteiger charge is 2.12. The molecule has 0 bridgehead atoms. The summed E-state index contributed by atoms with van der Waals surface area (Å²) >= 11 is 5.35. The minimum absolute atomic E-state index is 0.0399. The molecule has 0 saturated heterocycles. The molecule has 0 amide bonds. The Morgan fingerprint density at radius 2 is 2.11 bits per heavy atom. The molecule has 0 spiro atoms. The maximum absolute atomic E-state index is 5.39. The Labute approximate surface area is 117 Å². The molecule has 5 nitrogen and oxygen atoms in total. The normalized spacial score (nSPS) is 12.8. The monoisotopic (exact) mass is 282 g/mol. The standard InChI is InChI=1S/C13H18N2O3S/c1-16-8-10(18-3)7-15-12-6-9(17-2)4-5-11(12)14-13(15)19/h4-6,10H,7-8H2,1-3H3,(H,14,19). The Morgan fingerprint density at radius 3 is 2.74 bits per heavy atom. The number of aromatic nitrogens is 2. The molecular weight excluding hydrogens is 264 g/mol. The number of benzene rings is 1. The average molecular weight is 282 g/mol. The largest absolute Gasteiger partial charge is 0.497 e. The van der Waals surface area contributed by atoms with Gasteiger partial charge in [-0.25, -0.2) is 0 Å². The number of hydrogen-bond acceptors (Lipinski definition) is 4. The Hall–Kier alpha value is -1.37. The third-order valence-corrected chi connectivity index (χ3v) is 3.38. The minimum Gasteiger partial charge on any atom is -0.497 e. The van der Waals surface area contributed by atoms with E-state index in [1.54, 1.807) is 21.3 Å². The van der Waals surface area contributed by atoms with E-state index in [-0.39, 0.29) is 6.10 Å². The molecule has 1 atom stereocenters. The highest BCUT2D eigenvalue weighted by atomic mass is 32.1. The molecule has 6 heteroatoms. The first-order chi connectivity index (χ1) is 9.19. The van der Waals surface area contributed by atoms with Gasteiger partial charge in [0.25, 0.3) is 0 Å². The van der Waals surface area contributed by atoms with Gasteiger partial charge in [-0.3, -0.25) is 0 Å². The van der Waals surface area contributed by atoms with E-state index in [0.717, 1.165) is 16.8 Å². The van der Waals surface area contributed by atoms with Crippen LogP contribution in [0.2, 0.25) is 0 Å². The molecule has 19 heavy (non-hydrogen) atoms. The third kappa shape index (κ3) is 2.97. The lowest BCUT2D eigenvalue weighted by Crippen LogP contribution is -2.23. The SMILES string of the molecule is COCC(Cn1c(=S)[nH]c2ccc(OC)cc21)OC. The van der Waals surface area contributed by atoms with Crippen LogP contribution in [0.15, 0.2) is 18.2 Å². The van der Waals surface area contributed by atoms with Crippen LogP contribution in [0.3, 0.4) is 0 Å². The van der Waals surface area contributed by atoms with Crippen LogP contribution in [0.4, 0.5) is 0 Å². The zero-order chi connectivity index (χ0) is 13.8. The second-order valence-electron chi connectivity index (χ2n) is 4.24. The van der Waals surface area contributed by atoms with Gasteiger partial charge in [-0.15, -0.1) is 0 Å². The first-order valence-electron chi connectivity index (χ1n) is 5.98. The van der Waals surface area contributed by atoms with Crippen molar-refractivity contribution in [3.8, 4) is 5.75 Å². The summed E-state index contributed by atoms with van der Waals surface area (Å²) in [4.78, 5) is 3.18. The van der Waals surface area contributed by atoms with Crippen LogP contribution in [0.1, 0.15) is 0 Å². The van der Waals surface area contributed by atoms with Gasteiger partial charge in [0.05, 0.1) is 37.4 Å². The Morgan fingerprint density at radius 1 is 1.32 bits per heavy atom. The smallest absolute Gasteiger partial charge is 0.178 e. The topological polar surface area (TPSA) is 48.4 Å². The van der Waals surface area contributed by atoms with Gasteiger partial charge in [-0.05, 0) is 24.4 Å². The number of hydrogen-bond donors (Lipinski definition) is 1. The second kappa shape index (κ2) is 6.18. The zero-order valence-corrected chi connectivity index (χ0v) is 12.1. The van der Waals surface area contributed by atoms with Crippen molar-refractivity contribution in [3.05, 3.63) is 23.0 Å². The highest BCUT2D eigenvalue weighted by Crippen LogP contribution is 2.21. The van der Waals surface area contributed by atoms with Gasteiger partial charge < -0.3 is 23.8 Å². The molecule has 0 aliphatic heterocycles. The lowest BCUT2D eigenvalue weighted by molar-refractivity contribution is 0.0188. The van der Waals surface area contributed by atoms with E-state index < -0.39 is 0 Å². The van der Waals surface area contributed by atoms with Gasteiger partial charge >= 0.3 is 0 Å². The summed E-state index contributed by atoms with van der Waals surface area (Å²) in [5, 5.41) is 0. The van der Waals surface area contributed by atoms with Crippen molar-refractivity contribution in [2.45, 2.75) is 12.6 Å². The third-order valence-electron chi connectivity index (χ3n) is 3.05. The quantitative estimate of drug-likeness (QED) is 0.826. The summed E-state index contributed by atoms with van der Waals surface area (Å²) in [5.74, 6) is 0.802. The predicted octanol–water partition coefficient (Wildman–Crippen LogP) is 2.37. The van der Waals surface area contributed by atoms with E-state index in [1.807, 2.05) is 22.8 Å². The van der Waals surface area contributed by atoms with Gasteiger partial charge in [0.15, 0.2) is 4.77 Å². The average Bonchev–Trinajstić information content (AvgIpc) is 2.73. The van der Waals surface area contributed by atoms with Crippen LogP contribution < -0.4 is 4.74 Å². The van der Waals surface area contributed by atoms with Crippen molar-refractivity contribution in [1.82, 2.24) is 9.55 Å². The number of ether oxygens (including phenoxy) is 3. The lowest BCUT2D eigenvalue weighted by Gasteiger charge is -2.15. The van der Waals surface area contributed by atoms with Gasteiger partial charge in [-0.2, -0.15) is 0 Å². The summed E-state index contributed by atoms with van der Waals surface area (Å²) in [7, 11) is 4.97. The van der Waals surface area contributed by atoms with Gasteiger partial charge in [0.2, 0.25) is 0 Å². The van der Waals surface area contributed by atoms with Crippen LogP contribution in [0.5, 0.6) is 5.75 Å². The number of imidazole rings is 1. The summed E-state index contributed by atoms with van der Waals surface area (Å²) in [6, 6.07) is 5.82. The minimum atomic E-state index is -0.0399. The number of nitrogens with one attached hydrogen (secondary N) is 1. The summed E-state index contributed by atoms with van der Waals surface area (Å²) in [6.45, 7) is 1.16. The van der Waals surface area contributed by atoms with Gasteiger partial charge in [0, 0.05) is 20.3 Å². The number of methoxy groups -OCH3 is 3. The summed E-state index contributed by atoms with van der Waals surface area (Å²) in [5.41, 5.74) is 1.99. The fourth-order valence-electron chi connectivity index (χ4n) is 2.03. The molecule has 0 radical (unpaired) electrons. The van der Waals surface area contributed by atoms with Crippen LogP contribution in [0, 0.1) is 4.77 Å². The van der Waals surface area contributed by atoms with Crippen LogP contribution >= 0.6 is 12.2 Å². The number of rotatable bonds is 6. The second-order valence-corrected chi connectivity index (χ2v) is 4.62. The van der Waals surface area contributed by atoms with E-state index in [4.69, 9.17) is 26.4 Å². The van der Waals surface area contributed by atoms with Crippen molar-refractivity contribution < 1.29 is 14.2 Å². The van der Waals surface area contributed by atoms with E-state index >= 15 is 0 Å². The maximum Gasteiger partial charge on any atom is 0.178 e. The molecule has 104 valence electrons. The molecule has 1 aromatic carbocycles. The molecule has 1 aromatic heterocycles. The summed E-state index contributed by atoms with van der Waals surface area (Å²) in [6.07, 6.45) is -0.0399. The fraction of sp³-hybridized carbons (Fsp3) is 0.462. The number of fused-ring (bicyclic) bond motifs is 1. The first kappa shape index (κ1) is 14.0. The predicted molar refractivity (Wildman–Crippen MR) is 76.3 cm³/mol. The van der Waals surface area contributed by atoms with Crippen molar-refractivity contribution in [3.63, 3.8) is 0 Å². The number of nitrogens with zero attached hydrogens (tertiary/aromatic N) is 1. The summed E-state index contributed by atoms with van der Waals surface area (Å²) < 4.78 is 18.4. The lowest BCUT2D eigenvalue weighted by atomic mass is 10.3. The Balaban J connectivity index is 2.40. The molecule has 1 heterocycles. The number of aromatic amines is 1. The van der Waals surface area contributed by atoms with E-state index in [1.165, 1.54) is 0 Å². The first-order valence-corrected chi connectivity index (χ1v) is 6.38.